The summed E-state index contributed by atoms with van der Waals surface area (Å²) in [6, 6.07) is 10.1. The van der Waals surface area contributed by atoms with E-state index in [-0.39, 0.29) is 17.8 Å². The van der Waals surface area contributed by atoms with Gasteiger partial charge in [0.1, 0.15) is 23.9 Å². The second kappa shape index (κ2) is 7.44. The van der Waals surface area contributed by atoms with Crippen LogP contribution in [0.15, 0.2) is 47.2 Å². The van der Waals surface area contributed by atoms with E-state index in [1.165, 1.54) is 6.26 Å². The third-order valence-electron chi connectivity index (χ3n) is 5.77. The lowest BCUT2D eigenvalue weighted by molar-refractivity contribution is 0.0914. The standard InChI is InChI=1S/C24H22N2O4/c1-14-4-3-9-25-23(14)15-7-8-20-16(10-15)11-17(30-20)12-26-24(28)18-13-29-21-6-2-5-19(27)22(18)21/h3-4,7-10,13,17H,2,5-6,11-12H2,1H3,(H,26,28). The highest BCUT2D eigenvalue weighted by molar-refractivity contribution is 6.09. The molecule has 1 aromatic carbocycles. The Morgan fingerprint density at radius 3 is 3.03 bits per heavy atom. The Morgan fingerprint density at radius 2 is 2.17 bits per heavy atom. The number of hydrogen-bond donors (Lipinski definition) is 1. The lowest BCUT2D eigenvalue weighted by atomic mass is 9.94. The first-order chi connectivity index (χ1) is 14.6. The minimum absolute atomic E-state index is 0.0167. The maximum atomic E-state index is 12.6. The van der Waals surface area contributed by atoms with Crippen molar-refractivity contribution in [3.63, 3.8) is 0 Å². The molecule has 3 heterocycles. The van der Waals surface area contributed by atoms with E-state index in [0.717, 1.165) is 34.6 Å². The molecule has 1 amide bonds. The first-order valence-electron chi connectivity index (χ1n) is 10.2. The summed E-state index contributed by atoms with van der Waals surface area (Å²) in [5, 5.41) is 2.90. The van der Waals surface area contributed by atoms with Gasteiger partial charge in [0.2, 0.25) is 0 Å². The molecule has 1 aliphatic heterocycles. The fourth-order valence-electron chi connectivity index (χ4n) is 4.26. The average molecular weight is 402 g/mol. The molecule has 0 radical (unpaired) electrons. The van der Waals surface area contributed by atoms with Crippen molar-refractivity contribution in [1.29, 1.82) is 0 Å². The maximum Gasteiger partial charge on any atom is 0.255 e. The number of carbonyl (C=O) groups is 2. The minimum Gasteiger partial charge on any atom is -0.488 e. The summed E-state index contributed by atoms with van der Waals surface area (Å²) >= 11 is 0. The molecule has 0 saturated heterocycles. The van der Waals surface area contributed by atoms with Crippen LogP contribution in [0.3, 0.4) is 0 Å². The van der Waals surface area contributed by atoms with E-state index >= 15 is 0 Å². The number of nitrogens with one attached hydrogen (secondary N) is 1. The number of benzene rings is 1. The minimum atomic E-state index is -0.292. The third kappa shape index (κ3) is 3.28. The van der Waals surface area contributed by atoms with Gasteiger partial charge in [-0.05, 0) is 48.7 Å². The number of nitrogens with zero attached hydrogens (tertiary/aromatic N) is 1. The van der Waals surface area contributed by atoms with Crippen LogP contribution < -0.4 is 10.1 Å². The van der Waals surface area contributed by atoms with E-state index in [2.05, 4.69) is 16.4 Å². The first-order valence-corrected chi connectivity index (χ1v) is 10.2. The highest BCUT2D eigenvalue weighted by Crippen LogP contribution is 2.33. The van der Waals surface area contributed by atoms with E-state index in [1.54, 1.807) is 6.20 Å². The number of carbonyl (C=O) groups excluding carboxylic acids is 2. The van der Waals surface area contributed by atoms with E-state index in [1.807, 2.05) is 31.2 Å². The van der Waals surface area contributed by atoms with E-state index in [0.29, 0.717) is 42.7 Å². The van der Waals surface area contributed by atoms with E-state index in [9.17, 15) is 9.59 Å². The quantitative estimate of drug-likeness (QED) is 0.716. The average Bonchev–Trinajstić information content (AvgIpc) is 3.36. The first kappa shape index (κ1) is 18.6. The van der Waals surface area contributed by atoms with Crippen LogP contribution in [0, 0.1) is 6.92 Å². The van der Waals surface area contributed by atoms with Crippen LogP contribution in [0.5, 0.6) is 5.75 Å². The number of pyridine rings is 1. The van der Waals surface area contributed by atoms with Crippen LogP contribution in [0.25, 0.3) is 11.3 Å². The van der Waals surface area contributed by atoms with Gasteiger partial charge in [0.05, 0.1) is 23.4 Å². The van der Waals surface area contributed by atoms with Gasteiger partial charge in [-0.15, -0.1) is 0 Å². The molecule has 0 saturated carbocycles. The van der Waals surface area contributed by atoms with Gasteiger partial charge in [-0.3, -0.25) is 14.6 Å². The van der Waals surface area contributed by atoms with Gasteiger partial charge >= 0.3 is 0 Å². The number of fused-ring (bicyclic) bond motifs is 2. The van der Waals surface area contributed by atoms with Gasteiger partial charge in [0.25, 0.3) is 5.91 Å². The number of aryl methyl sites for hydroxylation is 2. The number of furan rings is 1. The molecule has 3 aromatic rings. The maximum absolute atomic E-state index is 12.6. The molecule has 0 fully saturated rings. The summed E-state index contributed by atoms with van der Waals surface area (Å²) < 4.78 is 11.5. The van der Waals surface area contributed by atoms with Crippen molar-refractivity contribution in [3.8, 4) is 17.0 Å². The Balaban J connectivity index is 1.26. The summed E-state index contributed by atoms with van der Waals surface area (Å²) in [6.45, 7) is 2.41. The number of aromatic nitrogens is 1. The molecule has 1 N–H and O–H groups in total. The van der Waals surface area contributed by atoms with Crippen molar-refractivity contribution in [2.75, 3.05) is 6.54 Å². The van der Waals surface area contributed by atoms with Crippen LogP contribution in [0.4, 0.5) is 0 Å². The predicted molar refractivity (Wildman–Crippen MR) is 111 cm³/mol. The van der Waals surface area contributed by atoms with E-state index in [4.69, 9.17) is 9.15 Å². The Kier molecular flexibility index (Phi) is 4.62. The molecule has 1 unspecified atom stereocenters. The number of amides is 1. The summed E-state index contributed by atoms with van der Waals surface area (Å²) in [6.07, 6.45) is 5.69. The topological polar surface area (TPSA) is 81.4 Å². The number of rotatable bonds is 4. The fraction of sp³-hybridized carbons (Fsp3) is 0.292. The molecular weight excluding hydrogens is 380 g/mol. The zero-order valence-corrected chi connectivity index (χ0v) is 16.7. The summed E-state index contributed by atoms with van der Waals surface area (Å²) in [7, 11) is 0. The zero-order chi connectivity index (χ0) is 20.7. The van der Waals surface area contributed by atoms with Crippen molar-refractivity contribution in [2.45, 2.75) is 38.7 Å². The molecule has 1 atom stereocenters. The van der Waals surface area contributed by atoms with Crippen molar-refractivity contribution >= 4 is 11.7 Å². The molecule has 6 heteroatoms. The van der Waals surface area contributed by atoms with Gasteiger partial charge < -0.3 is 14.5 Å². The predicted octanol–water partition coefficient (Wildman–Crippen LogP) is 3.90. The molecule has 30 heavy (non-hydrogen) atoms. The lowest BCUT2D eigenvalue weighted by Gasteiger charge is -2.13. The van der Waals surface area contributed by atoms with Crippen LogP contribution in [-0.4, -0.2) is 29.3 Å². The monoisotopic (exact) mass is 402 g/mol. The molecule has 152 valence electrons. The fourth-order valence-corrected chi connectivity index (χ4v) is 4.26. The largest absolute Gasteiger partial charge is 0.488 e. The van der Waals surface area contributed by atoms with Gasteiger partial charge in [-0.1, -0.05) is 6.07 Å². The summed E-state index contributed by atoms with van der Waals surface area (Å²) in [5.41, 5.74) is 5.03. The lowest BCUT2D eigenvalue weighted by Crippen LogP contribution is -2.35. The molecule has 0 bridgehead atoms. The Labute approximate surface area is 174 Å². The normalized spacial score (nSPS) is 17.2. The molecule has 2 aliphatic rings. The number of ether oxygens (including phenoxy) is 1. The van der Waals surface area contributed by atoms with Crippen LogP contribution in [-0.2, 0) is 12.8 Å². The summed E-state index contributed by atoms with van der Waals surface area (Å²) in [4.78, 5) is 29.3. The smallest absolute Gasteiger partial charge is 0.255 e. The number of ketones is 1. The Hall–Kier alpha value is -3.41. The van der Waals surface area contributed by atoms with Crippen molar-refractivity contribution in [2.24, 2.45) is 0 Å². The molecule has 0 spiro atoms. The van der Waals surface area contributed by atoms with Gasteiger partial charge in [-0.2, -0.15) is 0 Å². The highest BCUT2D eigenvalue weighted by atomic mass is 16.5. The van der Waals surface area contributed by atoms with Crippen LogP contribution in [0.1, 0.15) is 50.4 Å². The second-order valence-electron chi connectivity index (χ2n) is 7.87. The zero-order valence-electron chi connectivity index (χ0n) is 16.7. The van der Waals surface area contributed by atoms with Gasteiger partial charge in [0, 0.05) is 31.0 Å². The van der Waals surface area contributed by atoms with E-state index < -0.39 is 0 Å². The second-order valence-corrected chi connectivity index (χ2v) is 7.87. The third-order valence-corrected chi connectivity index (χ3v) is 5.77. The summed E-state index contributed by atoms with van der Waals surface area (Å²) in [5.74, 6) is 1.15. The van der Waals surface area contributed by atoms with Crippen LogP contribution >= 0.6 is 0 Å². The molecular formula is C24H22N2O4. The Bertz CT molecular complexity index is 1150. The van der Waals surface area contributed by atoms with Gasteiger partial charge in [0.15, 0.2) is 5.78 Å². The van der Waals surface area contributed by atoms with Crippen molar-refractivity contribution < 1.29 is 18.7 Å². The molecule has 2 aromatic heterocycles. The van der Waals surface area contributed by atoms with Crippen molar-refractivity contribution in [1.82, 2.24) is 10.3 Å². The molecule has 5 rings (SSSR count). The SMILES string of the molecule is Cc1cccnc1-c1ccc2c(c1)CC(CNC(=O)c1coc3c1C(=O)CCC3)O2. The van der Waals surface area contributed by atoms with Crippen LogP contribution in [0.2, 0.25) is 0 Å². The number of hydrogen-bond acceptors (Lipinski definition) is 5. The molecule has 6 nitrogen and oxygen atoms in total. The Morgan fingerprint density at radius 1 is 1.27 bits per heavy atom. The van der Waals surface area contributed by atoms with Crippen molar-refractivity contribution in [3.05, 3.63) is 70.8 Å². The molecule has 1 aliphatic carbocycles. The highest BCUT2D eigenvalue weighted by Gasteiger charge is 2.29. The van der Waals surface area contributed by atoms with Gasteiger partial charge in [-0.25, -0.2) is 0 Å². The number of Topliss-reactive ketones (excluding diaryl/α,β-unsaturated/α-hetero) is 1.